The minimum absolute atomic E-state index is 0.0665. The van der Waals surface area contributed by atoms with Crippen molar-refractivity contribution in [2.45, 2.75) is 33.3 Å². The molecule has 3 N–H and O–H groups in total. The van der Waals surface area contributed by atoms with Gasteiger partial charge in [-0.15, -0.1) is 0 Å². The smallest absolute Gasteiger partial charge is 0.387 e. The van der Waals surface area contributed by atoms with Crippen molar-refractivity contribution in [3.63, 3.8) is 0 Å². The van der Waals surface area contributed by atoms with Crippen molar-refractivity contribution in [3.05, 3.63) is 0 Å². The van der Waals surface area contributed by atoms with Gasteiger partial charge in [-0.25, -0.2) is 4.57 Å². The van der Waals surface area contributed by atoms with Gasteiger partial charge in [-0.05, 0) is 11.4 Å². The molecule has 0 radical (unpaired) electrons. The van der Waals surface area contributed by atoms with Gasteiger partial charge in [0.05, 0.1) is 6.61 Å². The maximum atomic E-state index is 12.4. The summed E-state index contributed by atoms with van der Waals surface area (Å²) < 4.78 is 22.3. The third-order valence-electron chi connectivity index (χ3n) is 3.16. The lowest BCUT2D eigenvalue weighted by molar-refractivity contribution is -0.150. The van der Waals surface area contributed by atoms with Crippen LogP contribution in [0.3, 0.4) is 0 Å². The van der Waals surface area contributed by atoms with Gasteiger partial charge in [-0.3, -0.25) is 18.9 Å². The van der Waals surface area contributed by atoms with Crippen LogP contribution in [0.4, 0.5) is 0 Å². The number of ether oxygens (including phenoxy) is 1. The van der Waals surface area contributed by atoms with Gasteiger partial charge in [-0.2, -0.15) is 0 Å². The minimum Gasteiger partial charge on any atom is -0.465 e. The topological polar surface area (TPSA) is 131 Å². The summed E-state index contributed by atoms with van der Waals surface area (Å²) >= 11 is 0.628. The van der Waals surface area contributed by atoms with E-state index in [2.05, 4.69) is 10.6 Å². The Labute approximate surface area is 144 Å². The first-order chi connectivity index (χ1) is 11.0. The van der Waals surface area contributed by atoms with Crippen LogP contribution in [0.25, 0.3) is 0 Å². The summed E-state index contributed by atoms with van der Waals surface area (Å²) in [4.78, 5) is 44.9. The Morgan fingerprint density at radius 3 is 2.71 bits per heavy atom. The predicted molar refractivity (Wildman–Crippen MR) is 88.2 cm³/mol. The third kappa shape index (κ3) is 7.21. The number of hydrogen-bond acceptors (Lipinski definition) is 7. The standard InChI is InChI=1S/C13H23N2O7PS/c1-9(16)21-8-13(2,3)11-12(18)15-5-4-10(17)14-6-7-24-23(19,20)22-11/h11H,4-8H2,1-3H3,(H,14,17)(H,15,18)(H,19,20)/t11-/m0/s1. The van der Waals surface area contributed by atoms with E-state index in [0.717, 1.165) is 0 Å². The summed E-state index contributed by atoms with van der Waals surface area (Å²) in [5, 5.41) is 5.08. The van der Waals surface area contributed by atoms with Crippen LogP contribution >= 0.6 is 18.2 Å². The highest BCUT2D eigenvalue weighted by Crippen LogP contribution is 2.57. The average Bonchev–Trinajstić information content (AvgIpc) is 2.46. The fourth-order valence-corrected chi connectivity index (χ4v) is 4.44. The van der Waals surface area contributed by atoms with Crippen LogP contribution in [0.15, 0.2) is 0 Å². The Morgan fingerprint density at radius 1 is 1.42 bits per heavy atom. The van der Waals surface area contributed by atoms with E-state index in [1.54, 1.807) is 13.8 Å². The van der Waals surface area contributed by atoms with Gasteiger partial charge in [0.2, 0.25) is 11.8 Å². The molecule has 0 aromatic heterocycles. The summed E-state index contributed by atoms with van der Waals surface area (Å²) in [7, 11) is 0. The molecule has 1 fully saturated rings. The molecule has 2 amide bonds. The minimum atomic E-state index is -4.13. The number of nitrogens with one attached hydrogen (secondary N) is 2. The van der Waals surface area contributed by atoms with Crippen molar-refractivity contribution < 1.29 is 33.1 Å². The van der Waals surface area contributed by atoms with Crippen molar-refractivity contribution in [1.29, 1.82) is 0 Å². The number of esters is 1. The fraction of sp³-hybridized carbons (Fsp3) is 0.769. The Bertz CT molecular complexity index is 540. The second-order valence-electron chi connectivity index (χ2n) is 5.95. The molecule has 138 valence electrons. The zero-order valence-electron chi connectivity index (χ0n) is 13.9. The highest BCUT2D eigenvalue weighted by atomic mass is 32.7. The van der Waals surface area contributed by atoms with E-state index in [4.69, 9.17) is 9.26 Å². The van der Waals surface area contributed by atoms with Crippen molar-refractivity contribution >= 4 is 36.0 Å². The molecule has 0 saturated carbocycles. The van der Waals surface area contributed by atoms with Crippen molar-refractivity contribution in [1.82, 2.24) is 10.6 Å². The third-order valence-corrected chi connectivity index (χ3v) is 6.14. The van der Waals surface area contributed by atoms with E-state index in [-0.39, 0.29) is 37.8 Å². The molecule has 1 heterocycles. The molecule has 1 aliphatic rings. The maximum Gasteiger partial charge on any atom is 0.387 e. The van der Waals surface area contributed by atoms with Crippen LogP contribution in [0, 0.1) is 5.41 Å². The van der Waals surface area contributed by atoms with E-state index in [1.807, 2.05) is 0 Å². The molecule has 0 spiro atoms. The molecule has 1 unspecified atom stereocenters. The summed E-state index contributed by atoms with van der Waals surface area (Å²) in [6.07, 6.45) is -1.23. The van der Waals surface area contributed by atoms with Gasteiger partial charge < -0.3 is 20.3 Å². The molecule has 0 bridgehead atoms. The zero-order valence-corrected chi connectivity index (χ0v) is 15.6. The van der Waals surface area contributed by atoms with E-state index < -0.39 is 30.2 Å². The molecule has 1 rings (SSSR count). The molecule has 0 aromatic rings. The molecular formula is C13H23N2O7PS. The molecule has 9 nitrogen and oxygen atoms in total. The van der Waals surface area contributed by atoms with Gasteiger partial charge in [-0.1, -0.05) is 13.8 Å². The monoisotopic (exact) mass is 382 g/mol. The molecule has 24 heavy (non-hydrogen) atoms. The highest BCUT2D eigenvalue weighted by Gasteiger charge is 2.42. The summed E-state index contributed by atoms with van der Waals surface area (Å²) in [6.45, 7) is 0.388. The fourth-order valence-electron chi connectivity index (χ4n) is 1.90. The summed E-state index contributed by atoms with van der Waals surface area (Å²) in [5.74, 6) is -1.27. The van der Waals surface area contributed by atoms with E-state index in [0.29, 0.717) is 11.4 Å². The second-order valence-corrected chi connectivity index (χ2v) is 9.92. The van der Waals surface area contributed by atoms with Crippen LogP contribution < -0.4 is 10.6 Å². The first-order valence-corrected chi connectivity index (χ1v) is 10.5. The molecule has 1 saturated heterocycles. The number of amides is 2. The summed E-state index contributed by atoms with van der Waals surface area (Å²) in [5.41, 5.74) is -1.04. The number of hydrogen-bond donors (Lipinski definition) is 3. The van der Waals surface area contributed by atoms with E-state index >= 15 is 0 Å². The van der Waals surface area contributed by atoms with Gasteiger partial charge in [0, 0.05) is 37.6 Å². The van der Waals surface area contributed by atoms with Crippen molar-refractivity contribution in [2.24, 2.45) is 5.41 Å². The van der Waals surface area contributed by atoms with Crippen molar-refractivity contribution in [2.75, 3.05) is 25.4 Å². The van der Waals surface area contributed by atoms with Crippen LogP contribution in [0.1, 0.15) is 27.2 Å². The SMILES string of the molecule is CC(=O)OCC(C)(C)[C@H]1OP(=O)(O)SCCNC(=O)CCNC1=O. The molecule has 11 heteroatoms. The van der Waals surface area contributed by atoms with Gasteiger partial charge in [0.15, 0.2) is 6.10 Å². The maximum absolute atomic E-state index is 12.4. The Balaban J connectivity index is 2.96. The van der Waals surface area contributed by atoms with Crippen LogP contribution in [-0.2, 0) is 28.2 Å². The Hall–Kier alpha value is -1.09. The van der Waals surface area contributed by atoms with E-state index in [1.165, 1.54) is 6.92 Å². The molecule has 0 aliphatic carbocycles. The molecule has 0 aromatic carbocycles. The first-order valence-electron chi connectivity index (χ1n) is 7.37. The van der Waals surface area contributed by atoms with Crippen LogP contribution in [0.2, 0.25) is 0 Å². The van der Waals surface area contributed by atoms with Gasteiger partial charge in [0.25, 0.3) is 0 Å². The number of rotatable bonds is 3. The van der Waals surface area contributed by atoms with E-state index in [9.17, 15) is 23.8 Å². The summed E-state index contributed by atoms with van der Waals surface area (Å²) in [6, 6.07) is 0. The lowest BCUT2D eigenvalue weighted by Crippen LogP contribution is -2.48. The lowest BCUT2D eigenvalue weighted by atomic mass is 9.87. The largest absolute Gasteiger partial charge is 0.465 e. The Morgan fingerprint density at radius 2 is 2.08 bits per heavy atom. The van der Waals surface area contributed by atoms with Gasteiger partial charge in [0.1, 0.15) is 0 Å². The Kier molecular flexibility index (Phi) is 7.72. The normalized spacial score (nSPS) is 27.2. The quantitative estimate of drug-likeness (QED) is 0.473. The zero-order chi connectivity index (χ0) is 18.4. The average molecular weight is 382 g/mol. The molecule has 2 atom stereocenters. The molecular weight excluding hydrogens is 359 g/mol. The van der Waals surface area contributed by atoms with Crippen LogP contribution in [-0.4, -0.2) is 54.2 Å². The van der Waals surface area contributed by atoms with Gasteiger partial charge >= 0.3 is 12.8 Å². The number of carbonyl (C=O) groups excluding carboxylic acids is 3. The second kappa shape index (κ2) is 8.84. The number of carbonyl (C=O) groups is 3. The first kappa shape index (κ1) is 21.0. The predicted octanol–water partition coefficient (Wildman–Crippen LogP) is 0.431. The molecule has 1 aliphatic heterocycles. The lowest BCUT2D eigenvalue weighted by Gasteiger charge is -2.33. The highest BCUT2D eigenvalue weighted by molar-refractivity contribution is 8.54. The van der Waals surface area contributed by atoms with Crippen molar-refractivity contribution in [3.8, 4) is 0 Å². The van der Waals surface area contributed by atoms with Crippen LogP contribution in [0.5, 0.6) is 0 Å².